The van der Waals surface area contributed by atoms with Crippen LogP contribution in [0.5, 0.6) is 0 Å². The van der Waals surface area contributed by atoms with E-state index in [0.717, 1.165) is 5.56 Å². The summed E-state index contributed by atoms with van der Waals surface area (Å²) in [4.78, 5) is 10.8. The maximum absolute atomic E-state index is 12.7. The van der Waals surface area contributed by atoms with Crippen LogP contribution in [0, 0.1) is 0 Å². The van der Waals surface area contributed by atoms with Crippen molar-refractivity contribution in [1.82, 2.24) is 0 Å². The van der Waals surface area contributed by atoms with Gasteiger partial charge < -0.3 is 17.7 Å². The number of Topliss-reactive ketones (excluding diaryl/α,β-unsaturated/α-hetero) is 1. The molecule has 0 radical (unpaired) electrons. The van der Waals surface area contributed by atoms with Crippen LogP contribution in [0.3, 0.4) is 0 Å². The lowest BCUT2D eigenvalue weighted by Crippen LogP contribution is -2.26. The Morgan fingerprint density at radius 2 is 1.82 bits per heavy atom. The van der Waals surface area contributed by atoms with Crippen LogP contribution in [0.1, 0.15) is 25.3 Å². The molecule has 94 valence electrons. The summed E-state index contributed by atoms with van der Waals surface area (Å²) in [6.07, 6.45) is -0.0382. The molecular formula is C12H15BF3O-. The van der Waals surface area contributed by atoms with E-state index >= 15 is 0 Å². The minimum absolute atomic E-state index is 0.00685. The third-order valence-electron chi connectivity index (χ3n) is 2.73. The number of benzene rings is 1. The minimum Gasteiger partial charge on any atom is -0.449 e. The highest BCUT2D eigenvalue weighted by molar-refractivity contribution is 6.60. The summed E-state index contributed by atoms with van der Waals surface area (Å²) in [5.41, 5.74) is 0.876. The van der Waals surface area contributed by atoms with Gasteiger partial charge in [0.15, 0.2) is 0 Å². The summed E-state index contributed by atoms with van der Waals surface area (Å²) >= 11 is 0. The smallest absolute Gasteiger partial charge is 0.449 e. The summed E-state index contributed by atoms with van der Waals surface area (Å²) in [5.74, 6) is -1.87. The zero-order valence-electron chi connectivity index (χ0n) is 9.70. The van der Waals surface area contributed by atoms with Crippen LogP contribution < -0.4 is 0 Å². The fourth-order valence-electron chi connectivity index (χ4n) is 1.79. The Hall–Kier alpha value is -1.26. The number of aryl methyl sites for hydroxylation is 1. The highest BCUT2D eigenvalue weighted by Crippen LogP contribution is 2.33. The van der Waals surface area contributed by atoms with Gasteiger partial charge in [-0.2, -0.15) is 0 Å². The minimum atomic E-state index is -4.94. The van der Waals surface area contributed by atoms with Crippen molar-refractivity contribution in [3.05, 3.63) is 35.9 Å². The Morgan fingerprint density at radius 3 is 2.29 bits per heavy atom. The van der Waals surface area contributed by atoms with E-state index in [1.807, 2.05) is 6.07 Å². The number of halogens is 3. The monoisotopic (exact) mass is 243 g/mol. The van der Waals surface area contributed by atoms with Crippen molar-refractivity contribution in [3.63, 3.8) is 0 Å². The van der Waals surface area contributed by atoms with Gasteiger partial charge in [-0.05, 0) is 25.3 Å². The van der Waals surface area contributed by atoms with Crippen LogP contribution in [0.2, 0.25) is 5.82 Å². The van der Waals surface area contributed by atoms with Gasteiger partial charge in [0.2, 0.25) is 0 Å². The molecule has 1 aromatic rings. The summed E-state index contributed by atoms with van der Waals surface area (Å²) in [7, 11) is 0. The molecule has 0 fully saturated rings. The lowest BCUT2D eigenvalue weighted by molar-refractivity contribution is -0.117. The molecule has 0 saturated carbocycles. The van der Waals surface area contributed by atoms with E-state index in [1.54, 1.807) is 24.3 Å². The van der Waals surface area contributed by atoms with E-state index in [9.17, 15) is 17.7 Å². The molecule has 5 heteroatoms. The van der Waals surface area contributed by atoms with Crippen LogP contribution >= 0.6 is 0 Å². The molecule has 1 atom stereocenters. The summed E-state index contributed by atoms with van der Waals surface area (Å²) in [6, 6.07) is 9.02. The first-order valence-electron chi connectivity index (χ1n) is 5.63. The first-order valence-corrected chi connectivity index (χ1v) is 5.63. The standard InChI is InChI=1S/C12H15BF3O/c1-10(17)9-12(13(14,15)16)8-7-11-5-3-2-4-6-11/h2-6,12H,7-9H2,1H3/q-1/t12-/m1/s1. The number of hydrogen-bond donors (Lipinski definition) is 0. The molecule has 0 heterocycles. The van der Waals surface area contributed by atoms with Crippen molar-refractivity contribution >= 4 is 12.8 Å². The molecule has 0 saturated heterocycles. The van der Waals surface area contributed by atoms with Crippen molar-refractivity contribution in [2.45, 2.75) is 32.0 Å². The van der Waals surface area contributed by atoms with Crippen molar-refractivity contribution in [2.75, 3.05) is 0 Å². The largest absolute Gasteiger partial charge is 0.481 e. The molecule has 0 aliphatic carbocycles. The third-order valence-corrected chi connectivity index (χ3v) is 2.73. The number of carbonyl (C=O) groups excluding carboxylic acids is 1. The molecule has 0 aromatic heterocycles. The normalized spacial score (nSPS) is 13.4. The Bertz CT molecular complexity index is 362. The second-order valence-corrected chi connectivity index (χ2v) is 4.32. The van der Waals surface area contributed by atoms with Gasteiger partial charge >= 0.3 is 6.98 Å². The average Bonchev–Trinajstić information content (AvgIpc) is 2.23. The second-order valence-electron chi connectivity index (χ2n) is 4.32. The molecule has 0 bridgehead atoms. The number of hydrogen-bond acceptors (Lipinski definition) is 1. The maximum Gasteiger partial charge on any atom is 0.481 e. The van der Waals surface area contributed by atoms with Gasteiger partial charge in [-0.3, -0.25) is 0 Å². The summed E-state index contributed by atoms with van der Waals surface area (Å²) in [5, 5.41) is 0. The van der Waals surface area contributed by atoms with Crippen LogP contribution in [0.15, 0.2) is 30.3 Å². The van der Waals surface area contributed by atoms with Crippen LogP contribution in [-0.2, 0) is 11.2 Å². The number of ketones is 1. The lowest BCUT2D eigenvalue weighted by atomic mass is 9.67. The average molecular weight is 243 g/mol. The van der Waals surface area contributed by atoms with E-state index in [2.05, 4.69) is 0 Å². The Kier molecular flexibility index (Phi) is 4.79. The third kappa shape index (κ3) is 5.07. The molecule has 1 nitrogen and oxygen atoms in total. The van der Waals surface area contributed by atoms with Gasteiger partial charge in [0, 0.05) is 0 Å². The van der Waals surface area contributed by atoms with E-state index in [4.69, 9.17) is 0 Å². The van der Waals surface area contributed by atoms with Crippen LogP contribution in [0.25, 0.3) is 0 Å². The summed E-state index contributed by atoms with van der Waals surface area (Å²) in [6.45, 7) is -3.73. The molecule has 0 unspecified atom stereocenters. The Labute approximate surface area is 99.1 Å². The topological polar surface area (TPSA) is 17.1 Å². The highest BCUT2D eigenvalue weighted by Gasteiger charge is 2.34. The first kappa shape index (κ1) is 13.8. The van der Waals surface area contributed by atoms with Crippen molar-refractivity contribution in [2.24, 2.45) is 0 Å². The molecular weight excluding hydrogens is 228 g/mol. The molecule has 1 rings (SSSR count). The quantitative estimate of drug-likeness (QED) is 0.694. The zero-order chi connectivity index (χ0) is 12.9. The van der Waals surface area contributed by atoms with E-state index < -0.39 is 25.0 Å². The predicted molar refractivity (Wildman–Crippen MR) is 62.9 cm³/mol. The lowest BCUT2D eigenvalue weighted by Gasteiger charge is -2.25. The molecule has 0 aliphatic rings. The summed E-state index contributed by atoms with van der Waals surface area (Å²) < 4.78 is 38.1. The van der Waals surface area contributed by atoms with Crippen molar-refractivity contribution < 1.29 is 17.7 Å². The first-order chi connectivity index (χ1) is 7.89. The Morgan fingerprint density at radius 1 is 1.24 bits per heavy atom. The van der Waals surface area contributed by atoms with Crippen LogP contribution in [0.4, 0.5) is 12.9 Å². The van der Waals surface area contributed by atoms with Crippen molar-refractivity contribution in [3.8, 4) is 0 Å². The molecule has 17 heavy (non-hydrogen) atoms. The predicted octanol–water partition coefficient (Wildman–Crippen LogP) is 3.82. The van der Waals surface area contributed by atoms with Gasteiger partial charge in [-0.25, -0.2) is 0 Å². The number of carbonyl (C=O) groups is 1. The SMILES string of the molecule is CC(=O)C[C@@H](CCc1ccccc1)[B-](F)(F)F. The van der Waals surface area contributed by atoms with Crippen molar-refractivity contribution in [1.29, 1.82) is 0 Å². The maximum atomic E-state index is 12.7. The van der Waals surface area contributed by atoms with E-state index in [1.165, 1.54) is 6.92 Å². The second kappa shape index (κ2) is 5.89. The highest BCUT2D eigenvalue weighted by atomic mass is 19.4. The molecule has 0 spiro atoms. The van der Waals surface area contributed by atoms with Crippen LogP contribution in [-0.4, -0.2) is 12.8 Å². The molecule has 1 aromatic carbocycles. The molecule has 0 N–H and O–H groups in total. The van der Waals surface area contributed by atoms with Gasteiger partial charge in [0.25, 0.3) is 0 Å². The van der Waals surface area contributed by atoms with E-state index in [-0.39, 0.29) is 6.42 Å². The molecule has 0 amide bonds. The van der Waals surface area contributed by atoms with E-state index in [0.29, 0.717) is 6.42 Å². The fourth-order valence-corrected chi connectivity index (χ4v) is 1.79. The van der Waals surface area contributed by atoms with Gasteiger partial charge in [-0.15, -0.1) is 0 Å². The zero-order valence-corrected chi connectivity index (χ0v) is 9.70. The fraction of sp³-hybridized carbons (Fsp3) is 0.417. The van der Waals surface area contributed by atoms with Gasteiger partial charge in [0.05, 0.1) is 0 Å². The van der Waals surface area contributed by atoms with Gasteiger partial charge in [-0.1, -0.05) is 42.6 Å². The van der Waals surface area contributed by atoms with Gasteiger partial charge in [0.1, 0.15) is 5.78 Å². The molecule has 0 aliphatic heterocycles. The number of rotatable bonds is 6. The Balaban J connectivity index is 2.59.